The van der Waals surface area contributed by atoms with Gasteiger partial charge in [0.1, 0.15) is 16.7 Å². The number of H-pyrrole nitrogens is 2. The predicted octanol–water partition coefficient (Wildman–Crippen LogP) is 2.27. The zero-order chi connectivity index (χ0) is 26.5. The second kappa shape index (κ2) is 10.9. The summed E-state index contributed by atoms with van der Waals surface area (Å²) in [5.41, 5.74) is -2.50. The van der Waals surface area contributed by atoms with Gasteiger partial charge in [-0.25, -0.2) is 14.6 Å². The fraction of sp³-hybridized carbons (Fsp3) is 0.462. The van der Waals surface area contributed by atoms with Gasteiger partial charge in [0, 0.05) is 12.4 Å². The van der Waals surface area contributed by atoms with E-state index >= 15 is 0 Å². The van der Waals surface area contributed by atoms with E-state index in [0.29, 0.717) is 18.4 Å². The summed E-state index contributed by atoms with van der Waals surface area (Å²) in [5, 5.41) is 11.9. The lowest BCUT2D eigenvalue weighted by Gasteiger charge is -2.33. The van der Waals surface area contributed by atoms with Crippen molar-refractivity contribution >= 4 is 23.7 Å². The van der Waals surface area contributed by atoms with Crippen LogP contribution in [0.1, 0.15) is 80.1 Å². The lowest BCUT2D eigenvalue weighted by molar-refractivity contribution is -0.146. The Labute approximate surface area is 212 Å². The highest BCUT2D eigenvalue weighted by Crippen LogP contribution is 2.36. The van der Waals surface area contributed by atoms with Crippen LogP contribution in [0.25, 0.3) is 0 Å². The summed E-state index contributed by atoms with van der Waals surface area (Å²) in [6, 6.07) is 6.23. The third-order valence-electron chi connectivity index (χ3n) is 7.15. The third kappa shape index (κ3) is 5.55. The summed E-state index contributed by atoms with van der Waals surface area (Å²) >= 11 is 0. The summed E-state index contributed by atoms with van der Waals surface area (Å²) in [5.74, 6) is -1.80. The van der Waals surface area contributed by atoms with Crippen molar-refractivity contribution in [1.29, 1.82) is 0 Å². The van der Waals surface area contributed by atoms with Crippen LogP contribution in [0.5, 0.6) is 0 Å². The molecule has 5 rings (SSSR count). The van der Waals surface area contributed by atoms with E-state index < -0.39 is 28.5 Å². The molecule has 0 atom stereocenters. The number of amides is 1. The molecule has 2 fully saturated rings. The number of aliphatic imine (C=N–C) groups is 1. The number of rotatable bonds is 4. The van der Waals surface area contributed by atoms with Gasteiger partial charge in [-0.05, 0) is 49.9 Å². The SMILES string of the molecule is O=C(NC1(C(=O)O)CCCCC1)c1ccc[nH]c1=O.O=C1OC(c2ccc[nH]c2=O)=NC12CCCCC2. The van der Waals surface area contributed by atoms with Crippen LogP contribution in [0.3, 0.4) is 0 Å². The Balaban J connectivity index is 0.000000173. The lowest BCUT2D eigenvalue weighted by atomic mass is 9.81. The fourth-order valence-corrected chi connectivity index (χ4v) is 5.04. The fourth-order valence-electron chi connectivity index (χ4n) is 5.04. The molecule has 1 aliphatic heterocycles. The maximum absolute atomic E-state index is 12.0. The van der Waals surface area contributed by atoms with E-state index in [1.165, 1.54) is 18.3 Å². The maximum Gasteiger partial charge on any atom is 0.340 e. The van der Waals surface area contributed by atoms with Gasteiger partial charge >= 0.3 is 11.9 Å². The van der Waals surface area contributed by atoms with E-state index in [0.717, 1.165) is 51.4 Å². The molecule has 11 heteroatoms. The van der Waals surface area contributed by atoms with Crippen LogP contribution in [-0.2, 0) is 14.3 Å². The van der Waals surface area contributed by atoms with Crippen molar-refractivity contribution in [3.05, 3.63) is 68.5 Å². The first-order valence-electron chi connectivity index (χ1n) is 12.5. The van der Waals surface area contributed by atoms with Crippen LogP contribution in [-0.4, -0.2) is 49.9 Å². The number of nitrogens with zero attached hydrogens (tertiary/aromatic N) is 1. The van der Waals surface area contributed by atoms with Gasteiger partial charge in [0.2, 0.25) is 5.90 Å². The number of carboxylic acid groups (broad SMARTS) is 1. The average molecular weight is 511 g/mol. The summed E-state index contributed by atoms with van der Waals surface area (Å²) in [7, 11) is 0. The number of aromatic amines is 2. The van der Waals surface area contributed by atoms with E-state index in [4.69, 9.17) is 4.74 Å². The zero-order valence-corrected chi connectivity index (χ0v) is 20.4. The largest absolute Gasteiger partial charge is 0.480 e. The lowest BCUT2D eigenvalue weighted by Crippen LogP contribution is -2.56. The number of pyridine rings is 2. The number of esters is 1. The molecule has 2 aliphatic carbocycles. The van der Waals surface area contributed by atoms with Gasteiger partial charge in [-0.15, -0.1) is 0 Å². The molecule has 3 heterocycles. The molecule has 2 aromatic heterocycles. The number of carboxylic acids is 1. The predicted molar refractivity (Wildman–Crippen MR) is 133 cm³/mol. The Kier molecular flexibility index (Phi) is 7.70. The Morgan fingerprint density at radius 3 is 2.05 bits per heavy atom. The van der Waals surface area contributed by atoms with E-state index in [2.05, 4.69) is 20.3 Å². The standard InChI is InChI=1S/C13H16N2O4.C13H14N2O3/c16-10-9(5-4-8-14-10)11(17)15-13(12(18)19)6-2-1-3-7-13;16-10-9(5-4-8-14-10)11-15-13(12(17)18-11)6-2-1-3-7-13/h4-5,8H,1-3,6-7H2,(H,14,16)(H,15,17)(H,18,19);4-5,8H,1-3,6-7H2,(H,14,16). The normalized spacial score (nSPS) is 19.7. The second-order valence-electron chi connectivity index (χ2n) is 9.63. The van der Waals surface area contributed by atoms with Crippen molar-refractivity contribution in [2.45, 2.75) is 75.3 Å². The molecule has 0 bridgehead atoms. The molecule has 2 saturated carbocycles. The molecule has 1 spiro atoms. The van der Waals surface area contributed by atoms with Crippen LogP contribution >= 0.6 is 0 Å². The van der Waals surface area contributed by atoms with Crippen molar-refractivity contribution in [2.75, 3.05) is 0 Å². The molecular formula is C26H30N4O7. The quantitative estimate of drug-likeness (QED) is 0.457. The minimum Gasteiger partial charge on any atom is -0.480 e. The van der Waals surface area contributed by atoms with E-state index in [-0.39, 0.29) is 23.0 Å². The summed E-state index contributed by atoms with van der Waals surface area (Å²) < 4.78 is 5.21. The van der Waals surface area contributed by atoms with Gasteiger partial charge in [-0.1, -0.05) is 38.5 Å². The first kappa shape index (κ1) is 26.1. The Morgan fingerprint density at radius 2 is 1.46 bits per heavy atom. The molecule has 4 N–H and O–H groups in total. The van der Waals surface area contributed by atoms with Crippen LogP contribution in [0.15, 0.2) is 51.2 Å². The molecule has 0 aromatic carbocycles. The first-order chi connectivity index (χ1) is 17.8. The Hall–Kier alpha value is -4.02. The minimum atomic E-state index is -1.24. The second-order valence-corrected chi connectivity index (χ2v) is 9.63. The molecule has 0 saturated heterocycles. The highest BCUT2D eigenvalue weighted by molar-refractivity contribution is 6.07. The molecule has 1 amide bonds. The number of ether oxygens (including phenoxy) is 1. The van der Waals surface area contributed by atoms with Crippen molar-refractivity contribution in [2.24, 2.45) is 4.99 Å². The third-order valence-corrected chi connectivity index (χ3v) is 7.15. The molecule has 3 aliphatic rings. The van der Waals surface area contributed by atoms with Crippen molar-refractivity contribution in [3.8, 4) is 0 Å². The monoisotopic (exact) mass is 510 g/mol. The highest BCUT2D eigenvalue weighted by atomic mass is 16.6. The highest BCUT2D eigenvalue weighted by Gasteiger charge is 2.47. The molecule has 2 aromatic rings. The topological polar surface area (TPSA) is 171 Å². The van der Waals surface area contributed by atoms with Crippen molar-refractivity contribution in [1.82, 2.24) is 15.3 Å². The molecule has 196 valence electrons. The Morgan fingerprint density at radius 1 is 0.865 bits per heavy atom. The molecule has 0 radical (unpaired) electrons. The molecule has 37 heavy (non-hydrogen) atoms. The summed E-state index contributed by atoms with van der Waals surface area (Å²) in [6.45, 7) is 0. The number of aromatic nitrogens is 2. The number of hydrogen-bond donors (Lipinski definition) is 4. The molecular weight excluding hydrogens is 480 g/mol. The zero-order valence-electron chi connectivity index (χ0n) is 20.4. The van der Waals surface area contributed by atoms with Gasteiger partial charge in [0.15, 0.2) is 5.54 Å². The number of cyclic esters (lactones) is 1. The van der Waals surface area contributed by atoms with Crippen LogP contribution in [0.4, 0.5) is 0 Å². The number of carbonyl (C=O) groups excluding carboxylic acids is 2. The number of nitrogens with one attached hydrogen (secondary N) is 3. The van der Waals surface area contributed by atoms with Gasteiger partial charge in [0.25, 0.3) is 17.0 Å². The Bertz CT molecular complexity index is 1310. The van der Waals surface area contributed by atoms with Gasteiger partial charge < -0.3 is 25.1 Å². The summed E-state index contributed by atoms with van der Waals surface area (Å²) in [4.78, 5) is 68.0. The molecule has 11 nitrogen and oxygen atoms in total. The first-order valence-corrected chi connectivity index (χ1v) is 12.5. The van der Waals surface area contributed by atoms with E-state index in [9.17, 15) is 29.1 Å². The van der Waals surface area contributed by atoms with Crippen LogP contribution in [0, 0.1) is 0 Å². The van der Waals surface area contributed by atoms with E-state index in [1.54, 1.807) is 18.3 Å². The van der Waals surface area contributed by atoms with Gasteiger partial charge in [-0.3, -0.25) is 14.4 Å². The van der Waals surface area contributed by atoms with Gasteiger partial charge in [0.05, 0.1) is 0 Å². The van der Waals surface area contributed by atoms with Crippen LogP contribution < -0.4 is 16.4 Å². The number of carbonyl (C=O) groups is 3. The maximum atomic E-state index is 12.0. The average Bonchev–Trinajstić information content (AvgIpc) is 3.20. The van der Waals surface area contributed by atoms with Crippen molar-refractivity contribution in [3.63, 3.8) is 0 Å². The number of hydrogen-bond acceptors (Lipinski definition) is 7. The minimum absolute atomic E-state index is 0.0614. The molecule has 0 unspecified atom stereocenters. The smallest absolute Gasteiger partial charge is 0.340 e. The summed E-state index contributed by atoms with van der Waals surface area (Å²) in [6.07, 6.45) is 10.8. The van der Waals surface area contributed by atoms with Gasteiger partial charge in [-0.2, -0.15) is 0 Å². The van der Waals surface area contributed by atoms with Crippen molar-refractivity contribution < 1.29 is 24.2 Å². The number of aliphatic carboxylic acids is 1. The van der Waals surface area contributed by atoms with Crippen LogP contribution in [0.2, 0.25) is 0 Å². The van der Waals surface area contributed by atoms with E-state index in [1.807, 2.05) is 0 Å².